The van der Waals surface area contributed by atoms with Crippen LogP contribution in [-0.4, -0.2) is 26.9 Å². The van der Waals surface area contributed by atoms with E-state index in [0.717, 1.165) is 17.1 Å². The highest BCUT2D eigenvalue weighted by Crippen LogP contribution is 2.21. The molecular weight excluding hydrogens is 312 g/mol. The summed E-state index contributed by atoms with van der Waals surface area (Å²) in [6.45, 7) is 4.00. The van der Waals surface area contributed by atoms with Crippen LogP contribution in [0.2, 0.25) is 0 Å². The Morgan fingerprint density at radius 3 is 2.61 bits per heavy atom. The van der Waals surface area contributed by atoms with Crippen molar-refractivity contribution in [3.8, 4) is 11.6 Å². The van der Waals surface area contributed by atoms with Crippen LogP contribution >= 0.6 is 11.5 Å². The summed E-state index contributed by atoms with van der Waals surface area (Å²) in [6.07, 6.45) is 1.79. The molecule has 0 saturated heterocycles. The van der Waals surface area contributed by atoms with Gasteiger partial charge in [-0.25, -0.2) is 4.98 Å². The molecule has 0 atom stereocenters. The van der Waals surface area contributed by atoms with Crippen LogP contribution in [0.25, 0.3) is 5.69 Å². The number of imidazole rings is 1. The van der Waals surface area contributed by atoms with Crippen LogP contribution in [0, 0.1) is 13.8 Å². The van der Waals surface area contributed by atoms with E-state index in [0.29, 0.717) is 17.1 Å². The topological polar surface area (TPSA) is 69.0 Å². The van der Waals surface area contributed by atoms with Crippen LogP contribution in [-0.2, 0) is 0 Å². The molecular formula is C16H16N4O2S. The Balaban J connectivity index is 1.78. The van der Waals surface area contributed by atoms with Gasteiger partial charge < -0.3 is 14.6 Å². The van der Waals surface area contributed by atoms with Gasteiger partial charge in [-0.15, -0.1) is 0 Å². The molecule has 1 aromatic carbocycles. The molecule has 0 aliphatic heterocycles. The number of hydrogen-bond acceptors (Lipinski definition) is 5. The van der Waals surface area contributed by atoms with E-state index >= 15 is 0 Å². The first-order valence-corrected chi connectivity index (χ1v) is 7.84. The number of amides is 1. The molecule has 1 amide bonds. The van der Waals surface area contributed by atoms with Gasteiger partial charge in [-0.1, -0.05) is 0 Å². The number of carbonyl (C=O) groups is 1. The van der Waals surface area contributed by atoms with Crippen molar-refractivity contribution in [3.63, 3.8) is 0 Å². The van der Waals surface area contributed by atoms with Crippen molar-refractivity contribution in [2.45, 2.75) is 13.8 Å². The van der Waals surface area contributed by atoms with Gasteiger partial charge in [-0.05, 0) is 49.6 Å². The number of nitrogens with zero attached hydrogens (tertiary/aromatic N) is 3. The number of aryl methyl sites for hydroxylation is 1. The minimum atomic E-state index is -0.238. The standard InChI is InChI=1S/C16H16N4O2S/c1-10-11(2)20(9-17-10)13-6-4-12(5-7-13)18-15(21)14-8-23-19-16(14)22-3/h4-9H,1-3H3,(H,18,21). The van der Waals surface area contributed by atoms with Crippen LogP contribution in [0.1, 0.15) is 21.7 Å². The van der Waals surface area contributed by atoms with Crippen LogP contribution in [0.15, 0.2) is 36.0 Å². The fourth-order valence-electron chi connectivity index (χ4n) is 2.19. The zero-order valence-corrected chi connectivity index (χ0v) is 13.8. The highest BCUT2D eigenvalue weighted by Gasteiger charge is 2.15. The Morgan fingerprint density at radius 2 is 2.00 bits per heavy atom. The van der Waals surface area contributed by atoms with Crippen molar-refractivity contribution < 1.29 is 9.53 Å². The zero-order valence-electron chi connectivity index (χ0n) is 13.0. The first-order valence-electron chi connectivity index (χ1n) is 7.01. The normalized spacial score (nSPS) is 10.6. The first kappa shape index (κ1) is 15.2. The van der Waals surface area contributed by atoms with Gasteiger partial charge in [0.25, 0.3) is 5.91 Å². The lowest BCUT2D eigenvalue weighted by Crippen LogP contribution is -2.12. The van der Waals surface area contributed by atoms with Gasteiger partial charge in [0.2, 0.25) is 5.88 Å². The number of hydrogen-bond donors (Lipinski definition) is 1. The van der Waals surface area contributed by atoms with Crippen molar-refractivity contribution in [2.75, 3.05) is 12.4 Å². The van der Waals surface area contributed by atoms with Crippen molar-refractivity contribution in [2.24, 2.45) is 0 Å². The van der Waals surface area contributed by atoms with E-state index in [1.807, 2.05) is 42.7 Å². The van der Waals surface area contributed by atoms with E-state index in [-0.39, 0.29) is 5.91 Å². The van der Waals surface area contributed by atoms with Gasteiger partial charge in [0.15, 0.2) is 0 Å². The van der Waals surface area contributed by atoms with Crippen LogP contribution in [0.4, 0.5) is 5.69 Å². The summed E-state index contributed by atoms with van der Waals surface area (Å²) < 4.78 is 11.1. The molecule has 2 heterocycles. The van der Waals surface area contributed by atoms with Gasteiger partial charge in [0, 0.05) is 22.4 Å². The molecule has 0 spiro atoms. The molecule has 0 aliphatic carbocycles. The summed E-state index contributed by atoms with van der Waals surface area (Å²) in [5, 5.41) is 4.51. The highest BCUT2D eigenvalue weighted by molar-refractivity contribution is 7.04. The second kappa shape index (κ2) is 6.21. The number of aromatic nitrogens is 3. The van der Waals surface area contributed by atoms with E-state index in [1.165, 1.54) is 18.6 Å². The molecule has 3 rings (SSSR count). The molecule has 0 saturated carbocycles. The van der Waals surface area contributed by atoms with Gasteiger partial charge in [-0.3, -0.25) is 4.79 Å². The van der Waals surface area contributed by atoms with Gasteiger partial charge in [0.05, 0.1) is 19.1 Å². The molecule has 0 unspecified atom stereocenters. The molecule has 0 fully saturated rings. The minimum Gasteiger partial charge on any atom is -0.480 e. The third-order valence-corrected chi connectivity index (χ3v) is 4.24. The SMILES string of the molecule is COc1nscc1C(=O)Nc1ccc(-n2cnc(C)c2C)cc1. The van der Waals surface area contributed by atoms with Gasteiger partial charge in [0.1, 0.15) is 5.56 Å². The lowest BCUT2D eigenvalue weighted by Gasteiger charge is -2.08. The average Bonchev–Trinajstić information content (AvgIpc) is 3.16. The fourth-order valence-corrected chi connectivity index (χ4v) is 2.82. The first-order chi connectivity index (χ1) is 11.1. The van der Waals surface area contributed by atoms with Crippen molar-refractivity contribution in [3.05, 3.63) is 52.9 Å². The molecule has 0 bridgehead atoms. The Bertz CT molecular complexity index is 836. The Morgan fingerprint density at radius 1 is 1.26 bits per heavy atom. The Labute approximate surface area is 137 Å². The Kier molecular flexibility index (Phi) is 4.12. The van der Waals surface area contributed by atoms with Crippen LogP contribution in [0.5, 0.6) is 5.88 Å². The molecule has 1 N–H and O–H groups in total. The van der Waals surface area contributed by atoms with E-state index in [2.05, 4.69) is 14.7 Å². The maximum atomic E-state index is 12.2. The molecule has 0 aliphatic rings. The summed E-state index contributed by atoms with van der Waals surface area (Å²) in [5.74, 6) is 0.103. The molecule has 23 heavy (non-hydrogen) atoms. The van der Waals surface area contributed by atoms with Crippen molar-refractivity contribution in [1.29, 1.82) is 0 Å². The molecule has 7 heteroatoms. The molecule has 6 nitrogen and oxygen atoms in total. The molecule has 0 radical (unpaired) electrons. The summed E-state index contributed by atoms with van der Waals surface area (Å²) in [7, 11) is 1.50. The summed E-state index contributed by atoms with van der Waals surface area (Å²) in [5.41, 5.74) is 4.23. The largest absolute Gasteiger partial charge is 0.480 e. The average molecular weight is 328 g/mol. The molecule has 2 aromatic heterocycles. The monoisotopic (exact) mass is 328 g/mol. The maximum Gasteiger partial charge on any atom is 0.262 e. The number of benzene rings is 1. The second-order valence-corrected chi connectivity index (χ2v) is 5.65. The van der Waals surface area contributed by atoms with Crippen molar-refractivity contribution >= 4 is 23.1 Å². The number of nitrogens with one attached hydrogen (secondary N) is 1. The van der Waals surface area contributed by atoms with E-state index in [4.69, 9.17) is 4.74 Å². The number of rotatable bonds is 4. The van der Waals surface area contributed by atoms with Gasteiger partial charge in [-0.2, -0.15) is 4.37 Å². The molecule has 3 aromatic rings. The fraction of sp³-hybridized carbons (Fsp3) is 0.188. The van der Waals surface area contributed by atoms with E-state index in [1.54, 1.807) is 11.7 Å². The predicted octanol–water partition coefficient (Wildman–Crippen LogP) is 3.21. The molecule has 118 valence electrons. The van der Waals surface area contributed by atoms with Crippen LogP contribution < -0.4 is 10.1 Å². The second-order valence-electron chi connectivity index (χ2n) is 5.02. The predicted molar refractivity (Wildman–Crippen MR) is 89.7 cm³/mol. The lowest BCUT2D eigenvalue weighted by atomic mass is 10.2. The highest BCUT2D eigenvalue weighted by atomic mass is 32.1. The number of anilines is 1. The lowest BCUT2D eigenvalue weighted by molar-refractivity contribution is 0.102. The summed E-state index contributed by atoms with van der Waals surface area (Å²) in [6, 6.07) is 7.59. The van der Waals surface area contributed by atoms with Gasteiger partial charge >= 0.3 is 0 Å². The summed E-state index contributed by atoms with van der Waals surface area (Å²) in [4.78, 5) is 16.5. The van der Waals surface area contributed by atoms with Crippen LogP contribution in [0.3, 0.4) is 0 Å². The van der Waals surface area contributed by atoms with Crippen molar-refractivity contribution in [1.82, 2.24) is 13.9 Å². The third kappa shape index (κ3) is 2.95. The number of ether oxygens (including phenoxy) is 1. The number of methoxy groups -OCH3 is 1. The Hall–Kier alpha value is -2.67. The quantitative estimate of drug-likeness (QED) is 0.798. The number of carbonyl (C=O) groups excluding carboxylic acids is 1. The minimum absolute atomic E-state index is 0.238. The zero-order chi connectivity index (χ0) is 16.4. The third-order valence-electron chi connectivity index (χ3n) is 3.63. The maximum absolute atomic E-state index is 12.2. The van der Waals surface area contributed by atoms with E-state index in [9.17, 15) is 4.79 Å². The smallest absolute Gasteiger partial charge is 0.262 e. The van der Waals surface area contributed by atoms with E-state index < -0.39 is 0 Å². The summed E-state index contributed by atoms with van der Waals surface area (Å²) >= 11 is 1.19.